The number of hydrogen-bond donors (Lipinski definition) is 4. The number of rotatable bonds is 4. The zero-order valence-corrected chi connectivity index (χ0v) is 16.9. The summed E-state index contributed by atoms with van der Waals surface area (Å²) in [7, 11) is 0. The summed E-state index contributed by atoms with van der Waals surface area (Å²) in [5, 5.41) is 39.8. The summed E-state index contributed by atoms with van der Waals surface area (Å²) in [4.78, 5) is 12.7. The van der Waals surface area contributed by atoms with E-state index >= 15 is 0 Å². The van der Waals surface area contributed by atoms with Crippen LogP contribution >= 0.6 is 0 Å². The Morgan fingerprint density at radius 2 is 1.89 bits per heavy atom. The third kappa shape index (κ3) is 2.67. The van der Waals surface area contributed by atoms with Crippen molar-refractivity contribution < 1.29 is 34.7 Å². The van der Waals surface area contributed by atoms with Gasteiger partial charge in [-0.2, -0.15) is 0 Å². The molecule has 1 aliphatic heterocycles. The summed E-state index contributed by atoms with van der Waals surface area (Å²) >= 11 is 0. The van der Waals surface area contributed by atoms with Gasteiger partial charge < -0.3 is 29.9 Å². The molecule has 6 aliphatic rings. The molecule has 6 rings (SSSR count). The van der Waals surface area contributed by atoms with E-state index in [1.165, 1.54) is 0 Å². The molecule has 4 fully saturated rings. The van der Waals surface area contributed by atoms with Crippen LogP contribution in [-0.4, -0.2) is 69.1 Å². The monoisotopic (exact) mass is 396 g/mol. The summed E-state index contributed by atoms with van der Waals surface area (Å²) < 4.78 is 11.7. The van der Waals surface area contributed by atoms with Crippen molar-refractivity contribution in [2.24, 2.45) is 29.1 Å². The molecule has 1 saturated heterocycles. The van der Waals surface area contributed by atoms with Crippen LogP contribution in [0.5, 0.6) is 0 Å². The fraction of sp³-hybridized carbons (Fsp3) is 0.857. The van der Waals surface area contributed by atoms with E-state index in [1.54, 1.807) is 6.08 Å². The van der Waals surface area contributed by atoms with Crippen LogP contribution in [0.2, 0.25) is 0 Å². The molecule has 1 heterocycles. The maximum atomic E-state index is 12.7. The second kappa shape index (κ2) is 6.59. The van der Waals surface area contributed by atoms with Gasteiger partial charge in [0.25, 0.3) is 0 Å². The zero-order valence-electron chi connectivity index (χ0n) is 16.9. The molecule has 4 bridgehead atoms. The van der Waals surface area contributed by atoms with E-state index in [4.69, 9.17) is 9.47 Å². The summed E-state index contributed by atoms with van der Waals surface area (Å²) in [6.07, 6.45) is -2.79. The topological polar surface area (TPSA) is 116 Å². The fourth-order valence-electron chi connectivity index (χ4n) is 6.69. The molecule has 28 heavy (non-hydrogen) atoms. The van der Waals surface area contributed by atoms with Crippen molar-refractivity contribution in [3.05, 3.63) is 11.6 Å². The van der Waals surface area contributed by atoms with Gasteiger partial charge in [-0.1, -0.05) is 12.5 Å². The van der Waals surface area contributed by atoms with E-state index in [0.717, 1.165) is 18.4 Å². The predicted molar refractivity (Wildman–Crippen MR) is 99.0 cm³/mol. The van der Waals surface area contributed by atoms with E-state index in [0.29, 0.717) is 5.92 Å². The predicted octanol–water partition coefficient (Wildman–Crippen LogP) is 0.389. The number of aliphatic hydroxyl groups is 4. The van der Waals surface area contributed by atoms with Crippen molar-refractivity contribution in [1.82, 2.24) is 0 Å². The molecule has 3 saturated carbocycles. The van der Waals surface area contributed by atoms with Crippen molar-refractivity contribution in [3.63, 3.8) is 0 Å². The Bertz CT molecular complexity index is 686. The number of hydrogen-bond acceptors (Lipinski definition) is 7. The number of ether oxygens (including phenoxy) is 2. The molecule has 0 amide bonds. The third-order valence-corrected chi connectivity index (χ3v) is 7.98. The highest BCUT2D eigenvalue weighted by Gasteiger charge is 2.70. The van der Waals surface area contributed by atoms with Crippen molar-refractivity contribution in [2.75, 3.05) is 6.61 Å². The number of ketones is 1. The van der Waals surface area contributed by atoms with E-state index in [-0.39, 0.29) is 29.0 Å². The van der Waals surface area contributed by atoms with Gasteiger partial charge in [0, 0.05) is 5.92 Å². The number of fused-ring (bicyclic) bond motifs is 3. The van der Waals surface area contributed by atoms with Crippen molar-refractivity contribution >= 4 is 5.78 Å². The zero-order chi connectivity index (χ0) is 20.6. The third-order valence-electron chi connectivity index (χ3n) is 7.98. The minimum absolute atomic E-state index is 0.0117. The first-order chi connectivity index (χ1) is 13.0. The Balaban J connectivity index is 1.55. The van der Waals surface area contributed by atoms with Crippen molar-refractivity contribution in [1.29, 1.82) is 0 Å². The summed E-state index contributed by atoms with van der Waals surface area (Å²) in [5.74, 6) is 0.894. The second-order valence-electron chi connectivity index (χ2n) is 9.89. The molecule has 10 atom stereocenters. The molecular weight excluding hydrogens is 364 g/mol. The second-order valence-corrected chi connectivity index (χ2v) is 9.89. The molecule has 0 spiro atoms. The normalized spacial score (nSPS) is 50.8. The van der Waals surface area contributed by atoms with Crippen LogP contribution in [0.4, 0.5) is 0 Å². The number of carbonyl (C=O) groups excluding carboxylic acids is 1. The molecule has 158 valence electrons. The fourth-order valence-corrected chi connectivity index (χ4v) is 6.69. The molecule has 0 radical (unpaired) electrons. The maximum absolute atomic E-state index is 12.7. The van der Waals surface area contributed by atoms with Crippen LogP contribution in [0.1, 0.15) is 40.5 Å². The summed E-state index contributed by atoms with van der Waals surface area (Å²) in [5.41, 5.74) is 0.471. The highest BCUT2D eigenvalue weighted by Crippen LogP contribution is 2.71. The Morgan fingerprint density at radius 1 is 1.21 bits per heavy atom. The van der Waals surface area contributed by atoms with E-state index in [2.05, 4.69) is 6.92 Å². The van der Waals surface area contributed by atoms with Gasteiger partial charge >= 0.3 is 0 Å². The molecule has 7 heteroatoms. The lowest BCUT2D eigenvalue weighted by atomic mass is 9.34. The Morgan fingerprint density at radius 3 is 2.50 bits per heavy atom. The van der Waals surface area contributed by atoms with E-state index in [9.17, 15) is 25.2 Å². The van der Waals surface area contributed by atoms with Gasteiger partial charge in [-0.05, 0) is 62.9 Å². The number of aliphatic hydroxyl groups excluding tert-OH is 4. The van der Waals surface area contributed by atoms with Crippen LogP contribution in [0.3, 0.4) is 0 Å². The Hall–Kier alpha value is -0.830. The lowest BCUT2D eigenvalue weighted by Gasteiger charge is -2.70. The smallest absolute Gasteiger partial charge is 0.187 e. The highest BCUT2D eigenvalue weighted by molar-refractivity contribution is 5.96. The SMILES string of the molecule is CC1=CC(=O)[C@@H]2C3C(C(C)(C)O[C@H]4O[C@@H](CO)[C@H](O)[C@@H](O)[C@@H]4O)CC[C@]2(C)[C@@H]13. The first kappa shape index (κ1) is 20.4. The van der Waals surface area contributed by atoms with Gasteiger partial charge in [-0.15, -0.1) is 0 Å². The minimum Gasteiger partial charge on any atom is -0.394 e. The summed E-state index contributed by atoms with van der Waals surface area (Å²) in [6.45, 7) is 7.63. The largest absolute Gasteiger partial charge is 0.394 e. The highest BCUT2D eigenvalue weighted by atomic mass is 16.7. The molecule has 0 aromatic rings. The van der Waals surface area contributed by atoms with Crippen molar-refractivity contribution in [3.8, 4) is 0 Å². The average molecular weight is 396 g/mol. The van der Waals surface area contributed by atoms with Gasteiger partial charge in [0.1, 0.15) is 24.4 Å². The van der Waals surface area contributed by atoms with Gasteiger partial charge in [0.2, 0.25) is 0 Å². The molecule has 0 aromatic carbocycles. The first-order valence-corrected chi connectivity index (χ1v) is 10.2. The standard InChI is InChI=1S/C21H32O7/c1-9-7-11(23)15-13-10(5-6-21(15,4)14(9)13)20(2,3)28-19-18(26)17(25)16(24)12(8-22)27-19/h7,10,12-19,22,24-26H,5-6,8H2,1-4H3/t10?,12-,13?,14-,15+,16-,17+,18-,19+,21+/m0/s1. The van der Waals surface area contributed by atoms with Crippen LogP contribution in [0, 0.1) is 29.1 Å². The average Bonchev–Trinajstić information content (AvgIpc) is 2.61. The van der Waals surface area contributed by atoms with Gasteiger partial charge in [-0.25, -0.2) is 0 Å². The van der Waals surface area contributed by atoms with E-state index < -0.39 is 42.9 Å². The van der Waals surface area contributed by atoms with Crippen molar-refractivity contribution in [2.45, 2.75) is 76.8 Å². The van der Waals surface area contributed by atoms with Gasteiger partial charge in [0.15, 0.2) is 12.1 Å². The number of carbonyl (C=O) groups is 1. The molecule has 0 aromatic heterocycles. The van der Waals surface area contributed by atoms with Gasteiger partial charge in [-0.3, -0.25) is 4.79 Å². The van der Waals surface area contributed by atoms with Crippen LogP contribution < -0.4 is 0 Å². The molecule has 4 N–H and O–H groups in total. The first-order valence-electron chi connectivity index (χ1n) is 10.2. The van der Waals surface area contributed by atoms with Crippen LogP contribution in [0.25, 0.3) is 0 Å². The Labute approximate surface area is 165 Å². The minimum atomic E-state index is -1.46. The molecule has 2 unspecified atom stereocenters. The van der Waals surface area contributed by atoms with Crippen LogP contribution in [-0.2, 0) is 14.3 Å². The molecular formula is C21H32O7. The Kier molecular flexibility index (Phi) is 4.81. The summed E-state index contributed by atoms with van der Waals surface area (Å²) in [6, 6.07) is 0. The lowest BCUT2D eigenvalue weighted by molar-refractivity contribution is -0.338. The number of allylic oxidation sites excluding steroid dienone is 2. The maximum Gasteiger partial charge on any atom is 0.187 e. The quantitative estimate of drug-likeness (QED) is 0.543. The van der Waals surface area contributed by atoms with Crippen LogP contribution in [0.15, 0.2) is 11.6 Å². The van der Waals surface area contributed by atoms with E-state index in [1.807, 2.05) is 20.8 Å². The lowest BCUT2D eigenvalue weighted by Crippen LogP contribution is -2.69. The van der Waals surface area contributed by atoms with Gasteiger partial charge in [0.05, 0.1) is 12.2 Å². The molecule has 5 aliphatic carbocycles. The molecule has 7 nitrogen and oxygen atoms in total.